The van der Waals surface area contributed by atoms with Crippen LogP contribution in [0.5, 0.6) is 0 Å². The lowest BCUT2D eigenvalue weighted by Crippen LogP contribution is -1.98. The lowest BCUT2D eigenvalue weighted by atomic mass is 10.7. The lowest BCUT2D eigenvalue weighted by Gasteiger charge is -2.15. The highest BCUT2D eigenvalue weighted by Gasteiger charge is 2.31. The van der Waals surface area contributed by atoms with E-state index in [2.05, 4.69) is 25.3 Å². The van der Waals surface area contributed by atoms with Gasteiger partial charge in [0.1, 0.15) is 6.07 Å². The fourth-order valence-electron chi connectivity index (χ4n) is 0.740. The van der Waals surface area contributed by atoms with Gasteiger partial charge in [0.05, 0.1) is 17.5 Å². The quantitative estimate of drug-likeness (QED) is 0.449. The van der Waals surface area contributed by atoms with Crippen molar-refractivity contribution in [2.75, 3.05) is 13.2 Å². The maximum absolute atomic E-state index is 12.0. The van der Waals surface area contributed by atoms with Crippen LogP contribution >= 0.6 is 32.9 Å². The van der Waals surface area contributed by atoms with Crippen LogP contribution in [0.25, 0.3) is 0 Å². The molecule has 0 rings (SSSR count). The predicted octanol–water partition coefficient (Wildman–Crippen LogP) is 2.80. The lowest BCUT2D eigenvalue weighted by molar-refractivity contribution is 0.227. The Morgan fingerprint density at radius 1 is 1.36 bits per heavy atom. The number of allylic oxidation sites excluding steroid dienone is 1. The highest BCUT2D eigenvalue weighted by Crippen LogP contribution is 2.57. The molecule has 4 nitrogen and oxygen atoms in total. The molecule has 0 aromatic carbocycles. The molecule has 0 spiro atoms. The SMILES string of the molecule is CCOP(=O)(OCC)C(C#N)=C(S)S. The fourth-order valence-corrected chi connectivity index (χ4v) is 2.95. The first-order chi connectivity index (χ1) is 6.51. The van der Waals surface area contributed by atoms with Crippen molar-refractivity contribution in [1.29, 1.82) is 5.26 Å². The van der Waals surface area contributed by atoms with Crippen LogP contribution in [0.4, 0.5) is 0 Å². The van der Waals surface area contributed by atoms with E-state index in [-0.39, 0.29) is 22.8 Å². The maximum atomic E-state index is 12.0. The van der Waals surface area contributed by atoms with Crippen LogP contribution in [-0.2, 0) is 13.6 Å². The van der Waals surface area contributed by atoms with Crippen LogP contribution in [0.1, 0.15) is 13.8 Å². The molecular weight excluding hydrogens is 241 g/mol. The largest absolute Gasteiger partial charge is 0.373 e. The van der Waals surface area contributed by atoms with Gasteiger partial charge in [-0.25, -0.2) is 0 Å². The first kappa shape index (κ1) is 14.1. The van der Waals surface area contributed by atoms with Gasteiger partial charge in [0.25, 0.3) is 0 Å². The molecule has 0 aromatic heterocycles. The summed E-state index contributed by atoms with van der Waals surface area (Å²) < 4.78 is 21.9. The normalized spacial score (nSPS) is 10.8. The average molecular weight is 253 g/mol. The number of nitrogens with zero attached hydrogens (tertiary/aromatic N) is 1. The van der Waals surface area contributed by atoms with Gasteiger partial charge in [-0.05, 0) is 13.8 Å². The van der Waals surface area contributed by atoms with E-state index in [1.54, 1.807) is 19.9 Å². The third-order valence-corrected chi connectivity index (χ3v) is 4.06. The van der Waals surface area contributed by atoms with Gasteiger partial charge in [-0.15, -0.1) is 25.3 Å². The molecule has 0 aliphatic carbocycles. The van der Waals surface area contributed by atoms with Crippen LogP contribution in [-0.4, -0.2) is 13.2 Å². The minimum atomic E-state index is -3.52. The summed E-state index contributed by atoms with van der Waals surface area (Å²) in [6.45, 7) is 3.71. The number of nitriles is 1. The molecule has 0 saturated carbocycles. The van der Waals surface area contributed by atoms with Gasteiger partial charge < -0.3 is 9.05 Å². The predicted molar refractivity (Wildman–Crippen MR) is 61.5 cm³/mol. The van der Waals surface area contributed by atoms with E-state index in [0.717, 1.165) is 0 Å². The summed E-state index contributed by atoms with van der Waals surface area (Å²) in [5.41, 5.74) is 0. The van der Waals surface area contributed by atoms with Gasteiger partial charge in [0, 0.05) is 0 Å². The molecule has 7 heteroatoms. The zero-order valence-corrected chi connectivity index (χ0v) is 10.6. The highest BCUT2D eigenvalue weighted by molar-refractivity contribution is 8.05. The topological polar surface area (TPSA) is 59.3 Å². The number of hydrogen-bond donors (Lipinski definition) is 2. The minimum Gasteiger partial charge on any atom is -0.305 e. The van der Waals surface area contributed by atoms with E-state index in [1.807, 2.05) is 0 Å². The van der Waals surface area contributed by atoms with Crippen molar-refractivity contribution in [3.63, 3.8) is 0 Å². The van der Waals surface area contributed by atoms with Crippen molar-refractivity contribution in [1.82, 2.24) is 0 Å². The Morgan fingerprint density at radius 2 is 1.79 bits per heavy atom. The van der Waals surface area contributed by atoms with Crippen LogP contribution < -0.4 is 0 Å². The fraction of sp³-hybridized carbons (Fsp3) is 0.571. The molecule has 0 saturated heterocycles. The minimum absolute atomic E-state index is 0.0535. The second-order valence-corrected chi connectivity index (χ2v) is 5.32. The molecule has 0 N–H and O–H groups in total. The monoisotopic (exact) mass is 253 g/mol. The Kier molecular flexibility index (Phi) is 6.58. The summed E-state index contributed by atoms with van der Waals surface area (Å²) in [4.78, 5) is 0. The number of thiol groups is 2. The second kappa shape index (κ2) is 6.54. The first-order valence-corrected chi connectivity index (χ1v) is 6.37. The van der Waals surface area contributed by atoms with Crippen LogP contribution in [0.3, 0.4) is 0 Å². The van der Waals surface area contributed by atoms with Crippen LogP contribution in [0.2, 0.25) is 0 Å². The molecule has 0 unspecified atom stereocenters. The third kappa shape index (κ3) is 3.68. The second-order valence-electron chi connectivity index (χ2n) is 2.12. The first-order valence-electron chi connectivity index (χ1n) is 3.93. The summed E-state index contributed by atoms with van der Waals surface area (Å²) >= 11 is 7.68. The Bertz CT molecular complexity index is 297. The van der Waals surface area contributed by atoms with Gasteiger partial charge in [-0.1, -0.05) is 0 Å². The van der Waals surface area contributed by atoms with E-state index >= 15 is 0 Å². The molecule has 0 radical (unpaired) electrons. The molecule has 0 aliphatic rings. The van der Waals surface area contributed by atoms with Crippen molar-refractivity contribution < 1.29 is 13.6 Å². The molecule has 0 atom stereocenters. The third-order valence-electron chi connectivity index (χ3n) is 1.19. The molecule has 80 valence electrons. The van der Waals surface area contributed by atoms with E-state index in [4.69, 9.17) is 14.3 Å². The molecule has 14 heavy (non-hydrogen) atoms. The molecule has 0 heterocycles. The number of hydrogen-bond acceptors (Lipinski definition) is 6. The molecule has 0 aromatic rings. The van der Waals surface area contributed by atoms with Gasteiger partial charge >= 0.3 is 7.60 Å². The van der Waals surface area contributed by atoms with Crippen LogP contribution in [0.15, 0.2) is 9.55 Å². The standard InChI is InChI=1S/C7H12NO3PS2/c1-3-10-12(9,11-4-2)6(5-8)7(13)14/h13-14H,3-4H2,1-2H3. The Hall–Kier alpha value is 0.0800. The molecule has 0 aliphatic heterocycles. The zero-order chi connectivity index (χ0) is 11.2. The van der Waals surface area contributed by atoms with E-state index in [9.17, 15) is 4.57 Å². The summed E-state index contributed by atoms with van der Waals surface area (Å²) in [7, 11) is -3.52. The zero-order valence-electron chi connectivity index (χ0n) is 7.93. The highest BCUT2D eigenvalue weighted by atomic mass is 32.2. The van der Waals surface area contributed by atoms with Gasteiger partial charge in [0.2, 0.25) is 0 Å². The summed E-state index contributed by atoms with van der Waals surface area (Å²) in [6.07, 6.45) is 0. The van der Waals surface area contributed by atoms with Crippen molar-refractivity contribution in [2.45, 2.75) is 13.8 Å². The van der Waals surface area contributed by atoms with Crippen molar-refractivity contribution in [3.05, 3.63) is 9.55 Å². The van der Waals surface area contributed by atoms with Gasteiger partial charge in [0.15, 0.2) is 5.31 Å². The van der Waals surface area contributed by atoms with Crippen molar-refractivity contribution in [3.8, 4) is 6.07 Å². The average Bonchev–Trinajstić information content (AvgIpc) is 2.04. The van der Waals surface area contributed by atoms with Gasteiger partial charge in [-0.2, -0.15) is 5.26 Å². The van der Waals surface area contributed by atoms with Crippen molar-refractivity contribution >= 4 is 32.9 Å². The molecule has 0 amide bonds. The van der Waals surface area contributed by atoms with E-state index in [1.165, 1.54) is 0 Å². The Balaban J connectivity index is 5.11. The van der Waals surface area contributed by atoms with Gasteiger partial charge in [-0.3, -0.25) is 4.57 Å². The van der Waals surface area contributed by atoms with Crippen LogP contribution in [0, 0.1) is 11.3 Å². The summed E-state index contributed by atoms with van der Waals surface area (Å²) in [5.74, 6) is 0. The maximum Gasteiger partial charge on any atom is 0.373 e. The van der Waals surface area contributed by atoms with E-state index in [0.29, 0.717) is 0 Å². The van der Waals surface area contributed by atoms with E-state index < -0.39 is 7.60 Å². The smallest absolute Gasteiger partial charge is 0.305 e. The molecular formula is C7H12NO3PS2. The Morgan fingerprint density at radius 3 is 2.00 bits per heavy atom. The summed E-state index contributed by atoms with van der Waals surface area (Å²) in [5, 5.41) is 8.59. The molecule has 0 bridgehead atoms. The molecule has 0 fully saturated rings. The summed E-state index contributed by atoms with van der Waals surface area (Å²) in [6, 6.07) is 1.73. The Labute approximate surface area is 94.6 Å². The number of rotatable bonds is 5. The van der Waals surface area contributed by atoms with Crippen molar-refractivity contribution in [2.24, 2.45) is 0 Å².